The summed E-state index contributed by atoms with van der Waals surface area (Å²) < 4.78 is 6.76. The number of hydrogen-bond donors (Lipinski definition) is 1. The van der Waals surface area contributed by atoms with E-state index < -0.39 is 0 Å². The first-order valence-corrected chi connectivity index (χ1v) is 10.6. The quantitative estimate of drug-likeness (QED) is 0.711. The molecule has 1 unspecified atom stereocenters. The topological polar surface area (TPSA) is 102 Å². The highest BCUT2D eigenvalue weighted by molar-refractivity contribution is 5.94. The first kappa shape index (κ1) is 20.3. The number of likely N-dealkylation sites (tertiary alicyclic amines) is 1. The molecular formula is C21H28N6O3. The molecule has 30 heavy (non-hydrogen) atoms. The fourth-order valence-electron chi connectivity index (χ4n) is 3.80. The van der Waals surface area contributed by atoms with Crippen LogP contribution in [0.4, 0.5) is 0 Å². The lowest BCUT2D eigenvalue weighted by Crippen LogP contribution is -2.44. The van der Waals surface area contributed by atoms with Crippen molar-refractivity contribution in [3.63, 3.8) is 0 Å². The number of pyridine rings is 1. The van der Waals surface area contributed by atoms with Gasteiger partial charge in [0.15, 0.2) is 5.69 Å². The molecule has 1 saturated carbocycles. The average Bonchev–Trinajstić information content (AvgIpc) is 3.50. The van der Waals surface area contributed by atoms with Gasteiger partial charge in [0.2, 0.25) is 5.88 Å². The van der Waals surface area contributed by atoms with E-state index in [0.29, 0.717) is 36.1 Å². The minimum absolute atomic E-state index is 0.00594. The van der Waals surface area contributed by atoms with Crippen molar-refractivity contribution in [2.45, 2.75) is 51.1 Å². The van der Waals surface area contributed by atoms with Gasteiger partial charge in [-0.2, -0.15) is 0 Å². The normalized spacial score (nSPS) is 18.8. The fraction of sp³-hybridized carbons (Fsp3) is 0.571. The standard InChI is InChI=1S/C21H28N6O3/c1-30-19-8-7-16(13-22-19)21(29)27-10-3-2-4-17(27)9-11-26-14-18(24-25-26)20(28)23-12-15-5-6-15/h7-8,13-15,17H,2-6,9-12H2,1H3,(H,23,28). The second kappa shape index (κ2) is 9.23. The maximum Gasteiger partial charge on any atom is 0.273 e. The van der Waals surface area contributed by atoms with Gasteiger partial charge in [0.1, 0.15) is 0 Å². The van der Waals surface area contributed by atoms with E-state index in [1.807, 2.05) is 4.90 Å². The van der Waals surface area contributed by atoms with Crippen molar-refractivity contribution in [1.29, 1.82) is 0 Å². The van der Waals surface area contributed by atoms with E-state index in [9.17, 15) is 9.59 Å². The summed E-state index contributed by atoms with van der Waals surface area (Å²) >= 11 is 0. The molecule has 160 valence electrons. The van der Waals surface area contributed by atoms with E-state index >= 15 is 0 Å². The van der Waals surface area contributed by atoms with Crippen LogP contribution in [0.15, 0.2) is 24.5 Å². The maximum absolute atomic E-state index is 13.0. The summed E-state index contributed by atoms with van der Waals surface area (Å²) in [6, 6.07) is 3.59. The Hall–Kier alpha value is -2.97. The van der Waals surface area contributed by atoms with Crippen LogP contribution in [0.1, 0.15) is 59.4 Å². The second-order valence-electron chi connectivity index (χ2n) is 8.05. The fourth-order valence-corrected chi connectivity index (χ4v) is 3.80. The third kappa shape index (κ3) is 4.95. The van der Waals surface area contributed by atoms with E-state index in [-0.39, 0.29) is 17.9 Å². The molecule has 2 amide bonds. The number of carbonyl (C=O) groups excluding carboxylic acids is 2. The summed E-state index contributed by atoms with van der Waals surface area (Å²) in [5.74, 6) is 0.938. The second-order valence-corrected chi connectivity index (χ2v) is 8.05. The summed E-state index contributed by atoms with van der Waals surface area (Å²) in [6.07, 6.45) is 9.45. The van der Waals surface area contributed by atoms with Gasteiger partial charge >= 0.3 is 0 Å². The van der Waals surface area contributed by atoms with Crippen molar-refractivity contribution >= 4 is 11.8 Å². The molecule has 4 rings (SSSR count). The number of rotatable bonds is 8. The summed E-state index contributed by atoms with van der Waals surface area (Å²) in [5, 5.41) is 11.0. The molecule has 1 aliphatic carbocycles. The van der Waals surface area contributed by atoms with E-state index in [1.54, 1.807) is 36.3 Å². The number of carbonyl (C=O) groups is 2. The Kier molecular flexibility index (Phi) is 6.25. The molecule has 2 aromatic rings. The first-order valence-electron chi connectivity index (χ1n) is 10.6. The molecule has 2 aromatic heterocycles. The van der Waals surface area contributed by atoms with Gasteiger partial charge in [0, 0.05) is 37.9 Å². The Morgan fingerprint density at radius 1 is 1.23 bits per heavy atom. The number of piperidine rings is 1. The number of nitrogens with one attached hydrogen (secondary N) is 1. The molecule has 0 spiro atoms. The monoisotopic (exact) mass is 412 g/mol. The highest BCUT2D eigenvalue weighted by Crippen LogP contribution is 2.27. The molecule has 0 aromatic carbocycles. The molecule has 2 fully saturated rings. The number of hydrogen-bond acceptors (Lipinski definition) is 6. The van der Waals surface area contributed by atoms with Crippen LogP contribution in [-0.2, 0) is 6.54 Å². The number of aryl methyl sites for hydroxylation is 1. The van der Waals surface area contributed by atoms with Crippen molar-refractivity contribution in [3.05, 3.63) is 35.8 Å². The molecule has 9 nitrogen and oxygen atoms in total. The van der Waals surface area contributed by atoms with Gasteiger partial charge in [-0.15, -0.1) is 5.10 Å². The van der Waals surface area contributed by atoms with Crippen molar-refractivity contribution in [3.8, 4) is 5.88 Å². The van der Waals surface area contributed by atoms with Crippen LogP contribution in [-0.4, -0.2) is 62.9 Å². The van der Waals surface area contributed by atoms with Crippen LogP contribution in [0, 0.1) is 5.92 Å². The zero-order valence-electron chi connectivity index (χ0n) is 17.3. The SMILES string of the molecule is COc1ccc(C(=O)N2CCCCC2CCn2cc(C(=O)NCC3CC3)nn2)cn1. The van der Waals surface area contributed by atoms with Crippen molar-refractivity contribution in [2.24, 2.45) is 5.92 Å². The molecule has 0 bridgehead atoms. The van der Waals surface area contributed by atoms with Crippen LogP contribution in [0.25, 0.3) is 0 Å². The zero-order chi connectivity index (χ0) is 20.9. The smallest absolute Gasteiger partial charge is 0.273 e. The molecule has 1 saturated heterocycles. The zero-order valence-corrected chi connectivity index (χ0v) is 17.3. The van der Waals surface area contributed by atoms with E-state index in [2.05, 4.69) is 20.6 Å². The number of ether oxygens (including phenoxy) is 1. The maximum atomic E-state index is 13.0. The van der Waals surface area contributed by atoms with Gasteiger partial charge in [0.05, 0.1) is 18.9 Å². The highest BCUT2D eigenvalue weighted by Gasteiger charge is 2.28. The van der Waals surface area contributed by atoms with Gasteiger partial charge in [-0.3, -0.25) is 14.3 Å². The van der Waals surface area contributed by atoms with Crippen molar-refractivity contribution < 1.29 is 14.3 Å². The minimum atomic E-state index is -0.172. The predicted octanol–water partition coefficient (Wildman–Crippen LogP) is 1.91. The van der Waals surface area contributed by atoms with Gasteiger partial charge in [-0.25, -0.2) is 4.98 Å². The van der Waals surface area contributed by atoms with Gasteiger partial charge in [-0.1, -0.05) is 5.21 Å². The van der Waals surface area contributed by atoms with Crippen LogP contribution in [0.5, 0.6) is 5.88 Å². The van der Waals surface area contributed by atoms with Gasteiger partial charge < -0.3 is 15.0 Å². The van der Waals surface area contributed by atoms with Crippen molar-refractivity contribution in [2.75, 3.05) is 20.2 Å². The van der Waals surface area contributed by atoms with Crippen LogP contribution in [0.2, 0.25) is 0 Å². The molecule has 2 aliphatic rings. The van der Waals surface area contributed by atoms with E-state index in [4.69, 9.17) is 4.74 Å². The van der Waals surface area contributed by atoms with Crippen molar-refractivity contribution in [1.82, 2.24) is 30.2 Å². The van der Waals surface area contributed by atoms with Crippen LogP contribution < -0.4 is 10.1 Å². The largest absolute Gasteiger partial charge is 0.481 e. The number of aromatic nitrogens is 4. The third-order valence-electron chi connectivity index (χ3n) is 5.79. The molecule has 0 radical (unpaired) electrons. The minimum Gasteiger partial charge on any atom is -0.481 e. The Bertz CT molecular complexity index is 877. The molecular weight excluding hydrogens is 384 g/mol. The average molecular weight is 412 g/mol. The molecule has 1 atom stereocenters. The summed E-state index contributed by atoms with van der Waals surface area (Å²) in [7, 11) is 1.55. The van der Waals surface area contributed by atoms with Crippen LogP contribution >= 0.6 is 0 Å². The van der Waals surface area contributed by atoms with E-state index in [1.165, 1.54) is 12.8 Å². The first-order chi connectivity index (χ1) is 14.6. The lowest BCUT2D eigenvalue weighted by molar-refractivity contribution is 0.0593. The Labute approximate surface area is 175 Å². The van der Waals surface area contributed by atoms with Gasteiger partial charge in [-0.05, 0) is 50.5 Å². The summed E-state index contributed by atoms with van der Waals surface area (Å²) in [6.45, 7) is 2.06. The Morgan fingerprint density at radius 3 is 2.83 bits per heavy atom. The lowest BCUT2D eigenvalue weighted by atomic mass is 9.98. The molecule has 3 heterocycles. The number of amides is 2. The third-order valence-corrected chi connectivity index (χ3v) is 5.79. The summed E-state index contributed by atoms with van der Waals surface area (Å²) in [5.41, 5.74) is 0.912. The van der Waals surface area contributed by atoms with Crippen LogP contribution in [0.3, 0.4) is 0 Å². The molecule has 9 heteroatoms. The highest BCUT2D eigenvalue weighted by atomic mass is 16.5. The number of nitrogens with zero attached hydrogens (tertiary/aromatic N) is 5. The molecule has 1 N–H and O–H groups in total. The van der Waals surface area contributed by atoms with Gasteiger partial charge in [0.25, 0.3) is 11.8 Å². The Balaban J connectivity index is 1.34. The number of methoxy groups -OCH3 is 1. The lowest BCUT2D eigenvalue weighted by Gasteiger charge is -2.36. The van der Waals surface area contributed by atoms with E-state index in [0.717, 1.165) is 32.2 Å². The summed E-state index contributed by atoms with van der Waals surface area (Å²) in [4.78, 5) is 31.2. The predicted molar refractivity (Wildman–Crippen MR) is 109 cm³/mol. The molecule has 1 aliphatic heterocycles. The Morgan fingerprint density at radius 2 is 2.10 bits per heavy atom.